The summed E-state index contributed by atoms with van der Waals surface area (Å²) in [6, 6.07) is 17.2. The molecular weight excluding hydrogens is 840 g/mol. The Kier molecular flexibility index (Phi) is 12.7. The predicted molar refractivity (Wildman–Crippen MR) is 203 cm³/mol. The van der Waals surface area contributed by atoms with Gasteiger partial charge in [0.1, 0.15) is 28.7 Å². The van der Waals surface area contributed by atoms with E-state index in [1.165, 1.54) is 43.3 Å². The Morgan fingerprint density at radius 2 is 0.930 bits per heavy atom. The van der Waals surface area contributed by atoms with Crippen molar-refractivity contribution < 1.29 is 77.7 Å². The molecule has 0 fully saturated rings. The van der Waals surface area contributed by atoms with Crippen molar-refractivity contribution >= 4 is 33.3 Å². The number of rotatable bonds is 2. The van der Waals surface area contributed by atoms with Crippen LogP contribution in [0.4, 0.5) is 0 Å². The number of carbonyl (C=O) groups is 1. The van der Waals surface area contributed by atoms with Crippen molar-refractivity contribution in [2.75, 3.05) is 34.0 Å². The molecule has 0 amide bonds. The van der Waals surface area contributed by atoms with Crippen molar-refractivity contribution in [3.63, 3.8) is 0 Å². The fourth-order valence-electron chi connectivity index (χ4n) is 5.17. The van der Waals surface area contributed by atoms with Crippen molar-refractivity contribution in [2.45, 2.75) is 20.3 Å². The summed E-state index contributed by atoms with van der Waals surface area (Å²) in [5, 5.41) is 46.4. The van der Waals surface area contributed by atoms with Crippen LogP contribution in [0.5, 0.6) is 86.2 Å². The number of ketones is 1. The Labute approximate surface area is 337 Å². The first-order chi connectivity index (χ1) is 27.4. The number of carbonyl (C=O) groups excluding carboxylic acids is 1. The van der Waals surface area contributed by atoms with Crippen molar-refractivity contribution in [3.8, 4) is 86.2 Å². The molecule has 0 atom stereocenters. The van der Waals surface area contributed by atoms with E-state index in [1.807, 2.05) is 13.0 Å². The summed E-state index contributed by atoms with van der Waals surface area (Å²) in [4.78, 5) is 11.0. The number of ether oxygens (including phenoxy) is 10. The Hall–Kier alpha value is -6.46. The first-order valence-electron chi connectivity index (χ1n) is 16.8. The molecule has 0 aromatic heterocycles. The lowest BCUT2D eigenvalue weighted by Gasteiger charge is -2.02. The van der Waals surface area contributed by atoms with Crippen LogP contribution in [0.3, 0.4) is 0 Å². The highest BCUT2D eigenvalue weighted by Crippen LogP contribution is 2.42. The lowest BCUT2D eigenvalue weighted by Crippen LogP contribution is -1.93. The third kappa shape index (κ3) is 9.86. The first kappa shape index (κ1) is 40.2. The zero-order valence-electron chi connectivity index (χ0n) is 30.1. The summed E-state index contributed by atoms with van der Waals surface area (Å²) in [6.07, 6.45) is 0.794. The summed E-state index contributed by atoms with van der Waals surface area (Å²) in [5.41, 5.74) is 1.14. The monoisotopic (exact) mass is 872 g/mol. The molecule has 300 valence electrons. The number of phenols is 5. The van der Waals surface area contributed by atoms with Crippen LogP contribution in [0, 0.1) is 0 Å². The average molecular weight is 874 g/mol. The number of Topliss-reactive ketones (excluding diaryl/α,β-unsaturated/α-hetero) is 1. The molecule has 0 unspecified atom stereocenters. The summed E-state index contributed by atoms with van der Waals surface area (Å²) in [6.45, 7) is 4.42. The molecule has 0 saturated carbocycles. The van der Waals surface area contributed by atoms with Crippen LogP contribution >= 0.6 is 27.5 Å². The largest absolute Gasteiger partial charge is 0.508 e. The summed E-state index contributed by atoms with van der Waals surface area (Å²) in [7, 11) is 0. The molecular formula is C39H34BrClO16. The quantitative estimate of drug-likeness (QED) is 0.107. The van der Waals surface area contributed by atoms with Gasteiger partial charge < -0.3 is 72.9 Å². The van der Waals surface area contributed by atoms with E-state index >= 15 is 0 Å². The van der Waals surface area contributed by atoms with Gasteiger partial charge in [-0.1, -0.05) is 18.5 Å². The predicted octanol–water partition coefficient (Wildman–Crippen LogP) is 7.79. The molecule has 5 aromatic carbocycles. The second kappa shape index (κ2) is 18.0. The fourth-order valence-corrected chi connectivity index (χ4v) is 5.64. The van der Waals surface area contributed by atoms with Gasteiger partial charge in [-0.25, -0.2) is 0 Å². The number of phenolic OH excluding ortho intramolecular Hbond substituents is 5. The van der Waals surface area contributed by atoms with Crippen LogP contribution < -0.4 is 47.4 Å². The van der Waals surface area contributed by atoms with Gasteiger partial charge >= 0.3 is 0 Å². The van der Waals surface area contributed by atoms with E-state index in [2.05, 4.69) is 15.9 Å². The maximum atomic E-state index is 11.0. The van der Waals surface area contributed by atoms with Crippen molar-refractivity contribution in [2.24, 2.45) is 0 Å². The third-order valence-corrected chi connectivity index (χ3v) is 9.00. The van der Waals surface area contributed by atoms with Crippen LogP contribution in [0.2, 0.25) is 5.02 Å². The average Bonchev–Trinajstić information content (AvgIpc) is 4.04. The van der Waals surface area contributed by atoms with E-state index in [1.54, 1.807) is 24.3 Å². The third-order valence-electron chi connectivity index (χ3n) is 8.07. The second-order valence-corrected chi connectivity index (χ2v) is 13.1. The molecule has 5 heterocycles. The van der Waals surface area contributed by atoms with E-state index < -0.39 is 0 Å². The van der Waals surface area contributed by atoms with E-state index in [9.17, 15) is 20.1 Å². The molecule has 10 rings (SSSR count). The summed E-state index contributed by atoms with van der Waals surface area (Å²) < 4.78 is 51.1. The lowest BCUT2D eigenvalue weighted by atomic mass is 10.1. The number of aromatic hydroxyl groups is 5. The first-order valence-corrected chi connectivity index (χ1v) is 18.0. The van der Waals surface area contributed by atoms with E-state index in [0.717, 1.165) is 17.7 Å². The minimum atomic E-state index is -0.198. The summed E-state index contributed by atoms with van der Waals surface area (Å²) >= 11 is 8.77. The SMILES string of the molecule is CC(=O)c1cc2c(cc1O)OCO2.CCc1cc2c(cc1O)OCO2.Oc1cc2c(cc1Br)OCO2.Oc1cc2c(cc1Cl)OCO2.Oc1ccc2c(c1)OCO2. The molecule has 57 heavy (non-hydrogen) atoms. The van der Waals surface area contributed by atoms with Gasteiger partial charge in [-0.3, -0.25) is 4.79 Å². The minimum Gasteiger partial charge on any atom is -0.508 e. The Morgan fingerprint density at radius 1 is 0.526 bits per heavy atom. The topological polar surface area (TPSA) is 211 Å². The molecule has 0 aliphatic carbocycles. The molecule has 0 bridgehead atoms. The second-order valence-electron chi connectivity index (χ2n) is 11.8. The lowest BCUT2D eigenvalue weighted by molar-refractivity contribution is 0.101. The molecule has 0 saturated heterocycles. The van der Waals surface area contributed by atoms with E-state index in [-0.39, 0.29) is 79.1 Å². The van der Waals surface area contributed by atoms with Gasteiger partial charge in [0.25, 0.3) is 0 Å². The van der Waals surface area contributed by atoms with Crippen LogP contribution in [-0.2, 0) is 6.42 Å². The van der Waals surface area contributed by atoms with Crippen molar-refractivity contribution in [3.05, 3.63) is 87.4 Å². The van der Waals surface area contributed by atoms with Crippen LogP contribution in [-0.4, -0.2) is 65.3 Å². The molecule has 5 aliphatic heterocycles. The van der Waals surface area contributed by atoms with Crippen LogP contribution in [0.1, 0.15) is 29.8 Å². The maximum Gasteiger partial charge on any atom is 0.231 e. The van der Waals surface area contributed by atoms with Gasteiger partial charge in [0.05, 0.1) is 15.1 Å². The van der Waals surface area contributed by atoms with Gasteiger partial charge in [0.2, 0.25) is 34.0 Å². The number of hydrogen-bond acceptors (Lipinski definition) is 16. The molecule has 0 radical (unpaired) electrons. The molecule has 5 aliphatic rings. The van der Waals surface area contributed by atoms with Crippen LogP contribution in [0.15, 0.2) is 71.2 Å². The fraction of sp³-hybridized carbons (Fsp3) is 0.205. The normalized spacial score (nSPS) is 13.4. The number of hydrogen-bond donors (Lipinski definition) is 5. The van der Waals surface area contributed by atoms with Gasteiger partial charge in [-0.05, 0) is 59.1 Å². The van der Waals surface area contributed by atoms with E-state index in [4.69, 9.17) is 69.2 Å². The highest BCUT2D eigenvalue weighted by Gasteiger charge is 2.20. The Balaban J connectivity index is 0.000000121. The van der Waals surface area contributed by atoms with Gasteiger partial charge in [0.15, 0.2) is 63.3 Å². The van der Waals surface area contributed by atoms with Gasteiger partial charge in [-0.15, -0.1) is 0 Å². The van der Waals surface area contributed by atoms with Crippen molar-refractivity contribution in [1.82, 2.24) is 0 Å². The number of aryl methyl sites for hydroxylation is 1. The van der Waals surface area contributed by atoms with Crippen LogP contribution in [0.25, 0.3) is 0 Å². The molecule has 5 aromatic rings. The van der Waals surface area contributed by atoms with E-state index in [0.29, 0.717) is 56.2 Å². The number of halogens is 2. The highest BCUT2D eigenvalue weighted by molar-refractivity contribution is 9.10. The van der Waals surface area contributed by atoms with Gasteiger partial charge in [0, 0.05) is 42.5 Å². The maximum absolute atomic E-state index is 11.0. The smallest absolute Gasteiger partial charge is 0.231 e. The zero-order chi connectivity index (χ0) is 40.6. The summed E-state index contributed by atoms with van der Waals surface area (Å²) in [5.74, 6) is 6.38. The minimum absolute atomic E-state index is 0.0101. The number of fused-ring (bicyclic) bond motifs is 5. The molecule has 16 nitrogen and oxygen atoms in total. The Bertz CT molecular complexity index is 2150. The zero-order valence-corrected chi connectivity index (χ0v) is 32.4. The Morgan fingerprint density at radius 3 is 1.46 bits per heavy atom. The standard InChI is InChI=1S/C9H8O4.C9H10O3.C7H5BrO3.C7H5ClO3.C7H6O3/c1-5(10)6-2-8-9(3-7(6)11)13-4-12-8;1-2-6-3-8-9(4-7(6)10)12-5-11-8;2*8-4-1-6-7(2-5(4)9)11-3-10-6;8-5-1-2-6-7(3-5)10-4-9-6/h2-3,11H,4H2,1H3;3-4,10H,2,5H2,1H3;2*1-2,9H,3H2;1-3,8H,4H2. The molecule has 18 heteroatoms. The highest BCUT2D eigenvalue weighted by atomic mass is 79.9. The number of benzene rings is 5. The molecule has 5 N–H and O–H groups in total. The van der Waals surface area contributed by atoms with Gasteiger partial charge in [-0.2, -0.15) is 0 Å². The van der Waals surface area contributed by atoms with Crippen molar-refractivity contribution in [1.29, 1.82) is 0 Å². The molecule has 0 spiro atoms.